The first-order valence-electron chi connectivity index (χ1n) is 8.12. The van der Waals surface area contributed by atoms with E-state index < -0.39 is 12.1 Å². The number of nitrogens with zero attached hydrogens (tertiary/aromatic N) is 2. The van der Waals surface area contributed by atoms with Crippen molar-refractivity contribution in [2.24, 2.45) is 11.1 Å². The highest BCUT2D eigenvalue weighted by Gasteiger charge is 2.40. The molecule has 1 aliphatic heterocycles. The minimum Gasteiger partial charge on any atom is -0.329 e. The maximum Gasteiger partial charge on any atom is 0.249 e. The van der Waals surface area contributed by atoms with E-state index in [4.69, 9.17) is 5.73 Å². The lowest BCUT2D eigenvalue weighted by molar-refractivity contribution is -0.140. The largest absolute Gasteiger partial charge is 0.329 e. The van der Waals surface area contributed by atoms with Crippen molar-refractivity contribution in [2.45, 2.75) is 45.7 Å². The molecular weight excluding hydrogens is 290 g/mol. The molecule has 5 heteroatoms. The Bertz CT molecular complexity index is 565. The van der Waals surface area contributed by atoms with E-state index in [9.17, 15) is 9.59 Å². The zero-order valence-electron chi connectivity index (χ0n) is 14.5. The van der Waals surface area contributed by atoms with Gasteiger partial charge >= 0.3 is 0 Å². The molecule has 0 saturated carbocycles. The van der Waals surface area contributed by atoms with Crippen LogP contribution in [0.15, 0.2) is 30.3 Å². The van der Waals surface area contributed by atoms with Gasteiger partial charge in [0.2, 0.25) is 11.8 Å². The summed E-state index contributed by atoms with van der Waals surface area (Å²) in [5, 5.41) is 0. The van der Waals surface area contributed by atoms with Crippen molar-refractivity contribution in [3.05, 3.63) is 30.3 Å². The molecule has 0 radical (unpaired) electrons. The van der Waals surface area contributed by atoms with Crippen molar-refractivity contribution in [1.82, 2.24) is 4.90 Å². The Hall–Kier alpha value is -1.88. The van der Waals surface area contributed by atoms with Crippen molar-refractivity contribution in [1.29, 1.82) is 0 Å². The summed E-state index contributed by atoms with van der Waals surface area (Å²) in [6, 6.07) is 8.47. The van der Waals surface area contributed by atoms with Crippen LogP contribution in [-0.4, -0.2) is 42.4 Å². The zero-order chi connectivity index (χ0) is 17.2. The van der Waals surface area contributed by atoms with Gasteiger partial charge in [0.1, 0.15) is 6.04 Å². The fourth-order valence-corrected chi connectivity index (χ4v) is 2.84. The molecule has 0 bridgehead atoms. The first kappa shape index (κ1) is 17.5. The fraction of sp³-hybridized carbons (Fsp3) is 0.556. The lowest BCUT2D eigenvalue weighted by Gasteiger charge is -2.33. The quantitative estimate of drug-likeness (QED) is 0.927. The molecular formula is C18H27N3O2. The fourth-order valence-electron chi connectivity index (χ4n) is 2.84. The predicted molar refractivity (Wildman–Crippen MR) is 92.0 cm³/mol. The van der Waals surface area contributed by atoms with Crippen LogP contribution in [0.25, 0.3) is 0 Å². The van der Waals surface area contributed by atoms with Gasteiger partial charge in [-0.3, -0.25) is 9.59 Å². The van der Waals surface area contributed by atoms with Crippen molar-refractivity contribution in [3.63, 3.8) is 0 Å². The zero-order valence-corrected chi connectivity index (χ0v) is 14.5. The van der Waals surface area contributed by atoms with Crippen LogP contribution in [0, 0.1) is 5.41 Å². The molecule has 1 fully saturated rings. The van der Waals surface area contributed by atoms with E-state index >= 15 is 0 Å². The number of hydrogen-bond acceptors (Lipinski definition) is 3. The predicted octanol–water partition coefficient (Wildman–Crippen LogP) is 2.01. The summed E-state index contributed by atoms with van der Waals surface area (Å²) in [5.41, 5.74) is 6.62. The second-order valence-corrected chi connectivity index (χ2v) is 7.27. The molecule has 1 saturated heterocycles. The minimum atomic E-state index is -0.599. The summed E-state index contributed by atoms with van der Waals surface area (Å²) in [6.45, 7) is 6.43. The van der Waals surface area contributed by atoms with Crippen LogP contribution < -0.4 is 10.6 Å². The number of amides is 2. The Balaban J connectivity index is 2.15. The minimum absolute atomic E-state index is 0.0526. The van der Waals surface area contributed by atoms with Gasteiger partial charge in [-0.05, 0) is 30.4 Å². The van der Waals surface area contributed by atoms with Crippen molar-refractivity contribution < 1.29 is 9.59 Å². The number of rotatable bonds is 3. The number of para-hydroxylation sites is 1. The summed E-state index contributed by atoms with van der Waals surface area (Å²) in [4.78, 5) is 28.8. The Morgan fingerprint density at radius 2 is 1.87 bits per heavy atom. The van der Waals surface area contributed by atoms with Gasteiger partial charge in [-0.2, -0.15) is 0 Å². The number of carbonyl (C=O) groups excluding carboxylic acids is 2. The van der Waals surface area contributed by atoms with Crippen LogP contribution >= 0.6 is 0 Å². The normalized spacial score (nSPS) is 19.5. The monoisotopic (exact) mass is 317 g/mol. The second kappa shape index (κ2) is 6.71. The van der Waals surface area contributed by atoms with Crippen LogP contribution in [-0.2, 0) is 9.59 Å². The third kappa shape index (κ3) is 3.72. The molecule has 126 valence electrons. The number of likely N-dealkylation sites (tertiary alicyclic amines) is 1. The maximum atomic E-state index is 12.8. The third-order valence-electron chi connectivity index (χ3n) is 4.49. The van der Waals surface area contributed by atoms with Gasteiger partial charge in [-0.1, -0.05) is 39.0 Å². The van der Waals surface area contributed by atoms with E-state index in [2.05, 4.69) is 0 Å². The number of hydrogen-bond donors (Lipinski definition) is 1. The summed E-state index contributed by atoms with van der Waals surface area (Å²) >= 11 is 0. The number of anilines is 1. The summed E-state index contributed by atoms with van der Waals surface area (Å²) < 4.78 is 0. The molecule has 23 heavy (non-hydrogen) atoms. The van der Waals surface area contributed by atoms with E-state index in [0.29, 0.717) is 13.0 Å². The number of benzene rings is 1. The van der Waals surface area contributed by atoms with E-state index in [1.165, 1.54) is 0 Å². The standard InChI is InChI=1S/C18H27N3O2/c1-18(2,3)15(19)17(23)21-12-8-11-14(21)16(22)20(4)13-9-6-5-7-10-13/h5-7,9-10,14-15H,8,11-12,19H2,1-4H3/t14-,15+/m0/s1. The van der Waals surface area contributed by atoms with Crippen molar-refractivity contribution in [3.8, 4) is 0 Å². The first-order valence-corrected chi connectivity index (χ1v) is 8.12. The Labute approximate surface area is 138 Å². The van der Waals surface area contributed by atoms with Crippen LogP contribution in [0.5, 0.6) is 0 Å². The van der Waals surface area contributed by atoms with E-state index in [-0.39, 0.29) is 17.2 Å². The molecule has 2 amide bonds. The number of carbonyl (C=O) groups is 2. The highest BCUT2D eigenvalue weighted by atomic mass is 16.2. The van der Waals surface area contributed by atoms with Gasteiger partial charge in [0.25, 0.3) is 0 Å². The second-order valence-electron chi connectivity index (χ2n) is 7.27. The molecule has 1 aromatic rings. The first-order chi connectivity index (χ1) is 10.7. The van der Waals surface area contributed by atoms with Gasteiger partial charge < -0.3 is 15.5 Å². The molecule has 5 nitrogen and oxygen atoms in total. The topological polar surface area (TPSA) is 66.6 Å². The average Bonchev–Trinajstić information content (AvgIpc) is 3.01. The summed E-state index contributed by atoms with van der Waals surface area (Å²) in [6.07, 6.45) is 1.53. The van der Waals surface area contributed by atoms with E-state index in [1.807, 2.05) is 51.1 Å². The smallest absolute Gasteiger partial charge is 0.249 e. The highest BCUT2D eigenvalue weighted by molar-refractivity contribution is 5.99. The van der Waals surface area contributed by atoms with Crippen LogP contribution in [0.4, 0.5) is 5.69 Å². The average molecular weight is 317 g/mol. The molecule has 2 rings (SSSR count). The molecule has 0 unspecified atom stereocenters. The maximum absolute atomic E-state index is 12.8. The SMILES string of the molecule is CN(C(=O)[C@@H]1CCCN1C(=O)[C@@H](N)C(C)(C)C)c1ccccc1. The van der Waals surface area contributed by atoms with Crippen molar-refractivity contribution in [2.75, 3.05) is 18.5 Å². The van der Waals surface area contributed by atoms with Crippen LogP contribution in [0.2, 0.25) is 0 Å². The van der Waals surface area contributed by atoms with Gasteiger partial charge in [-0.25, -0.2) is 0 Å². The van der Waals surface area contributed by atoms with E-state index in [0.717, 1.165) is 12.1 Å². The van der Waals surface area contributed by atoms with Gasteiger partial charge in [-0.15, -0.1) is 0 Å². The number of nitrogens with two attached hydrogens (primary N) is 1. The highest BCUT2D eigenvalue weighted by Crippen LogP contribution is 2.26. The van der Waals surface area contributed by atoms with Crippen molar-refractivity contribution >= 4 is 17.5 Å². The lowest BCUT2D eigenvalue weighted by atomic mass is 9.86. The Morgan fingerprint density at radius 1 is 1.26 bits per heavy atom. The molecule has 0 aromatic heterocycles. The summed E-state index contributed by atoms with van der Waals surface area (Å²) in [7, 11) is 1.75. The van der Waals surface area contributed by atoms with Gasteiger partial charge in [0, 0.05) is 19.3 Å². The lowest BCUT2D eigenvalue weighted by Crippen LogP contribution is -2.55. The van der Waals surface area contributed by atoms with E-state index in [1.54, 1.807) is 16.8 Å². The number of likely N-dealkylation sites (N-methyl/N-ethyl adjacent to an activating group) is 1. The van der Waals surface area contributed by atoms with Crippen LogP contribution in [0.1, 0.15) is 33.6 Å². The molecule has 0 aliphatic carbocycles. The molecule has 1 aliphatic rings. The molecule has 1 aromatic carbocycles. The Morgan fingerprint density at radius 3 is 2.43 bits per heavy atom. The molecule has 2 atom stereocenters. The molecule has 0 spiro atoms. The van der Waals surface area contributed by atoms with Gasteiger partial charge in [0.15, 0.2) is 0 Å². The van der Waals surface area contributed by atoms with Crippen LogP contribution in [0.3, 0.4) is 0 Å². The molecule has 1 heterocycles. The Kier molecular flexibility index (Phi) is 5.09. The third-order valence-corrected chi connectivity index (χ3v) is 4.49. The summed E-state index contributed by atoms with van der Waals surface area (Å²) in [5.74, 6) is -0.182. The molecule has 2 N–H and O–H groups in total. The van der Waals surface area contributed by atoms with Gasteiger partial charge in [0.05, 0.1) is 6.04 Å².